The maximum Gasteiger partial charge on any atom is 0.0555 e. The molecule has 2 aromatic heterocycles. The minimum absolute atomic E-state index is 0.427. The largest absolute Gasteiger partial charge is 0.320 e. The average Bonchev–Trinajstić information content (AvgIpc) is 3.00. The standard InChI is InChI=1S/C16H18N2S2/c17-8-1-3-13-7-10-20-16(13)12-18(14-5-6-14)11-15-4-2-9-19-15/h2,4,7,9-10,14H,5-6,8,11-12,17H2. The van der Waals surface area contributed by atoms with Gasteiger partial charge in [0.1, 0.15) is 0 Å². The SMILES string of the molecule is NCC#Cc1ccsc1CN(Cc1cccs1)C1CC1. The van der Waals surface area contributed by atoms with E-state index in [0.29, 0.717) is 6.54 Å². The molecular formula is C16H18N2S2. The van der Waals surface area contributed by atoms with Gasteiger partial charge in [0.05, 0.1) is 6.54 Å². The van der Waals surface area contributed by atoms with E-state index in [4.69, 9.17) is 5.73 Å². The number of hydrogen-bond acceptors (Lipinski definition) is 4. The normalized spacial score (nSPS) is 14.3. The molecule has 0 unspecified atom stereocenters. The zero-order valence-electron chi connectivity index (χ0n) is 11.3. The van der Waals surface area contributed by atoms with Crippen molar-refractivity contribution in [2.24, 2.45) is 5.73 Å². The highest BCUT2D eigenvalue weighted by atomic mass is 32.1. The number of thiophene rings is 2. The van der Waals surface area contributed by atoms with Crippen molar-refractivity contribution in [3.8, 4) is 11.8 Å². The van der Waals surface area contributed by atoms with E-state index < -0.39 is 0 Å². The van der Waals surface area contributed by atoms with Crippen LogP contribution in [0.4, 0.5) is 0 Å². The molecule has 0 bridgehead atoms. The first-order valence-electron chi connectivity index (χ1n) is 6.88. The fourth-order valence-corrected chi connectivity index (χ4v) is 3.85. The molecule has 104 valence electrons. The Hall–Kier alpha value is -1.12. The lowest BCUT2D eigenvalue weighted by molar-refractivity contribution is 0.250. The molecule has 0 aromatic carbocycles. The van der Waals surface area contributed by atoms with E-state index in [2.05, 4.69) is 45.7 Å². The summed E-state index contributed by atoms with van der Waals surface area (Å²) in [5, 5.41) is 4.29. The molecule has 2 nitrogen and oxygen atoms in total. The maximum atomic E-state index is 5.47. The summed E-state index contributed by atoms with van der Waals surface area (Å²) in [6, 6.07) is 7.23. The lowest BCUT2D eigenvalue weighted by atomic mass is 10.2. The second-order valence-electron chi connectivity index (χ2n) is 4.98. The van der Waals surface area contributed by atoms with E-state index in [1.54, 1.807) is 11.3 Å². The van der Waals surface area contributed by atoms with E-state index in [9.17, 15) is 0 Å². The summed E-state index contributed by atoms with van der Waals surface area (Å²) in [5.74, 6) is 6.15. The topological polar surface area (TPSA) is 29.3 Å². The first kappa shape index (κ1) is 13.8. The molecule has 2 N–H and O–H groups in total. The molecule has 0 amide bonds. The van der Waals surface area contributed by atoms with Crippen LogP contribution in [0.25, 0.3) is 0 Å². The number of hydrogen-bond donors (Lipinski definition) is 1. The Morgan fingerprint density at radius 1 is 1.20 bits per heavy atom. The molecule has 4 heteroatoms. The molecular weight excluding hydrogens is 284 g/mol. The summed E-state index contributed by atoms with van der Waals surface area (Å²) in [5.41, 5.74) is 6.62. The third-order valence-electron chi connectivity index (χ3n) is 3.42. The first-order valence-corrected chi connectivity index (χ1v) is 8.64. The second kappa shape index (κ2) is 6.55. The Bertz CT molecular complexity index is 600. The average molecular weight is 302 g/mol. The smallest absolute Gasteiger partial charge is 0.0555 e. The van der Waals surface area contributed by atoms with Crippen LogP contribution >= 0.6 is 22.7 Å². The number of rotatable bonds is 5. The Balaban J connectivity index is 1.72. The molecule has 2 heterocycles. The van der Waals surface area contributed by atoms with Crippen LogP contribution in [-0.2, 0) is 13.1 Å². The van der Waals surface area contributed by atoms with Crippen LogP contribution in [0.3, 0.4) is 0 Å². The van der Waals surface area contributed by atoms with Gasteiger partial charge in [0, 0.05) is 34.4 Å². The van der Waals surface area contributed by atoms with Crippen molar-refractivity contribution in [3.05, 3.63) is 44.3 Å². The van der Waals surface area contributed by atoms with Crippen LogP contribution in [0.5, 0.6) is 0 Å². The quantitative estimate of drug-likeness (QED) is 0.859. The minimum Gasteiger partial charge on any atom is -0.320 e. The van der Waals surface area contributed by atoms with Gasteiger partial charge in [-0.1, -0.05) is 17.9 Å². The maximum absolute atomic E-state index is 5.47. The zero-order valence-corrected chi connectivity index (χ0v) is 13.0. The van der Waals surface area contributed by atoms with Gasteiger partial charge >= 0.3 is 0 Å². The van der Waals surface area contributed by atoms with Crippen LogP contribution in [0.1, 0.15) is 28.2 Å². The predicted molar refractivity (Wildman–Crippen MR) is 86.8 cm³/mol. The number of nitrogens with zero attached hydrogens (tertiary/aromatic N) is 1. The molecule has 1 aliphatic rings. The lowest BCUT2D eigenvalue weighted by Crippen LogP contribution is -2.24. The van der Waals surface area contributed by atoms with Gasteiger partial charge in [-0.2, -0.15) is 0 Å². The Morgan fingerprint density at radius 3 is 2.80 bits per heavy atom. The van der Waals surface area contributed by atoms with Crippen molar-refractivity contribution in [2.45, 2.75) is 32.0 Å². The highest BCUT2D eigenvalue weighted by Crippen LogP contribution is 2.32. The van der Waals surface area contributed by atoms with Gasteiger partial charge in [0.25, 0.3) is 0 Å². The van der Waals surface area contributed by atoms with E-state index in [0.717, 1.165) is 24.7 Å². The molecule has 0 saturated heterocycles. The van der Waals surface area contributed by atoms with Gasteiger partial charge in [-0.25, -0.2) is 0 Å². The van der Waals surface area contributed by atoms with E-state index in [-0.39, 0.29) is 0 Å². The molecule has 2 aromatic rings. The molecule has 0 spiro atoms. The van der Waals surface area contributed by atoms with E-state index in [1.165, 1.54) is 22.6 Å². The number of nitrogens with two attached hydrogens (primary N) is 1. The van der Waals surface area contributed by atoms with Crippen LogP contribution in [-0.4, -0.2) is 17.5 Å². The van der Waals surface area contributed by atoms with Crippen molar-refractivity contribution >= 4 is 22.7 Å². The zero-order chi connectivity index (χ0) is 13.8. The monoisotopic (exact) mass is 302 g/mol. The van der Waals surface area contributed by atoms with Gasteiger partial charge in [0.15, 0.2) is 0 Å². The van der Waals surface area contributed by atoms with Gasteiger partial charge < -0.3 is 5.73 Å². The van der Waals surface area contributed by atoms with Crippen molar-refractivity contribution in [1.82, 2.24) is 4.90 Å². The van der Waals surface area contributed by atoms with Crippen molar-refractivity contribution in [3.63, 3.8) is 0 Å². The fourth-order valence-electron chi connectivity index (χ4n) is 2.26. The van der Waals surface area contributed by atoms with Gasteiger partial charge in [-0.15, -0.1) is 22.7 Å². The molecule has 1 saturated carbocycles. The Kier molecular flexibility index (Phi) is 4.54. The second-order valence-corrected chi connectivity index (χ2v) is 7.01. The summed E-state index contributed by atoms with van der Waals surface area (Å²) in [6.07, 6.45) is 2.67. The molecule has 1 fully saturated rings. The summed E-state index contributed by atoms with van der Waals surface area (Å²) in [6.45, 7) is 2.50. The predicted octanol–water partition coefficient (Wildman–Crippen LogP) is 3.28. The highest BCUT2D eigenvalue weighted by molar-refractivity contribution is 7.10. The Labute approximate surface area is 128 Å². The van der Waals surface area contributed by atoms with Crippen molar-refractivity contribution in [1.29, 1.82) is 0 Å². The third kappa shape index (κ3) is 3.50. The van der Waals surface area contributed by atoms with Crippen LogP contribution in [0.2, 0.25) is 0 Å². The summed E-state index contributed by atoms with van der Waals surface area (Å²) in [4.78, 5) is 5.41. The molecule has 0 aliphatic heterocycles. The van der Waals surface area contributed by atoms with Crippen LogP contribution in [0.15, 0.2) is 29.0 Å². The molecule has 1 aliphatic carbocycles. The lowest BCUT2D eigenvalue weighted by Gasteiger charge is -2.20. The van der Waals surface area contributed by atoms with Gasteiger partial charge in [-0.05, 0) is 35.7 Å². The van der Waals surface area contributed by atoms with Gasteiger partial charge in [0.2, 0.25) is 0 Å². The summed E-state index contributed by atoms with van der Waals surface area (Å²) >= 11 is 3.65. The third-order valence-corrected chi connectivity index (χ3v) is 5.19. The van der Waals surface area contributed by atoms with E-state index >= 15 is 0 Å². The molecule has 3 rings (SSSR count). The van der Waals surface area contributed by atoms with Crippen LogP contribution in [0, 0.1) is 11.8 Å². The summed E-state index contributed by atoms with van der Waals surface area (Å²) in [7, 11) is 0. The summed E-state index contributed by atoms with van der Waals surface area (Å²) < 4.78 is 0. The Morgan fingerprint density at radius 2 is 2.10 bits per heavy atom. The van der Waals surface area contributed by atoms with Gasteiger partial charge in [-0.3, -0.25) is 4.90 Å². The molecule has 0 atom stereocenters. The van der Waals surface area contributed by atoms with Crippen LogP contribution < -0.4 is 5.73 Å². The molecule has 0 radical (unpaired) electrons. The highest BCUT2D eigenvalue weighted by Gasteiger charge is 2.29. The molecule has 20 heavy (non-hydrogen) atoms. The minimum atomic E-state index is 0.427. The van der Waals surface area contributed by atoms with E-state index in [1.807, 2.05) is 11.3 Å². The fraction of sp³-hybridized carbons (Fsp3) is 0.375. The first-order chi connectivity index (χ1) is 9.86. The van der Waals surface area contributed by atoms with Crippen molar-refractivity contribution in [2.75, 3.05) is 6.54 Å². The van der Waals surface area contributed by atoms with Crippen molar-refractivity contribution < 1.29 is 0 Å².